The van der Waals surface area contributed by atoms with Crippen molar-refractivity contribution in [2.45, 2.75) is 20.3 Å². The van der Waals surface area contributed by atoms with Crippen molar-refractivity contribution >= 4 is 22.7 Å². The quantitative estimate of drug-likeness (QED) is 0.318. The zero-order chi connectivity index (χ0) is 25.0. The normalized spacial score (nSPS) is 10.4. The lowest BCUT2D eigenvalue weighted by molar-refractivity contribution is -0.404. The predicted molar refractivity (Wildman–Crippen MR) is 123 cm³/mol. The molecule has 0 atom stereocenters. The van der Waals surface area contributed by atoms with Crippen molar-refractivity contribution in [1.29, 1.82) is 0 Å². The lowest BCUT2D eigenvalue weighted by atomic mass is 10.1. The first kappa shape index (κ1) is 23.8. The molecule has 0 bridgehead atoms. The minimum absolute atomic E-state index is 0.447. The van der Waals surface area contributed by atoms with Gasteiger partial charge in [0, 0.05) is 18.0 Å². The highest BCUT2D eigenvalue weighted by Gasteiger charge is 2.30. The Morgan fingerprint density at radius 3 is 2.00 bits per heavy atom. The number of non-ortho nitro benzene ring substituents is 1. The van der Waals surface area contributed by atoms with Gasteiger partial charge in [0.15, 0.2) is 0 Å². The molecule has 174 valence electrons. The maximum absolute atomic E-state index is 10.4. The molecule has 0 radical (unpaired) electrons. The number of pyridine rings is 1. The number of aryl methyl sites for hydroxylation is 2. The average molecular weight is 465 g/mol. The Morgan fingerprint density at radius 2 is 1.50 bits per heavy atom. The van der Waals surface area contributed by atoms with Crippen LogP contribution in [0, 0.1) is 37.3 Å². The minimum Gasteiger partial charge on any atom is -0.497 e. The van der Waals surface area contributed by atoms with Gasteiger partial charge in [-0.25, -0.2) is 4.98 Å². The number of rotatable bonds is 5. The molecule has 4 aromatic rings. The summed E-state index contributed by atoms with van der Waals surface area (Å²) < 4.78 is 2.07. The predicted octanol–water partition coefficient (Wildman–Crippen LogP) is 4.99. The third-order valence-electron chi connectivity index (χ3n) is 4.93. The molecule has 0 unspecified atom stereocenters. The fourth-order valence-corrected chi connectivity index (χ4v) is 3.11. The number of aromatic hydroxyl groups is 1. The number of fused-ring (bicyclic) bond motifs is 1. The highest BCUT2D eigenvalue weighted by atomic mass is 16.6. The van der Waals surface area contributed by atoms with Gasteiger partial charge in [-0.1, -0.05) is 31.2 Å². The summed E-state index contributed by atoms with van der Waals surface area (Å²) in [7, 11) is 0. The highest BCUT2D eigenvalue weighted by Crippen LogP contribution is 2.38. The van der Waals surface area contributed by atoms with E-state index in [0.717, 1.165) is 17.8 Å². The van der Waals surface area contributed by atoms with E-state index in [-0.39, 0.29) is 0 Å². The second-order valence-corrected chi connectivity index (χ2v) is 7.25. The second-order valence-electron chi connectivity index (χ2n) is 7.25. The molecule has 0 spiro atoms. The molecule has 0 amide bonds. The van der Waals surface area contributed by atoms with E-state index in [0.29, 0.717) is 12.1 Å². The first-order valence-electron chi connectivity index (χ1n) is 9.95. The molecule has 0 aliphatic rings. The summed E-state index contributed by atoms with van der Waals surface area (Å²) in [4.78, 5) is 32.4. The number of imidazole rings is 1. The number of hydrogen-bond acceptors (Lipinski definition) is 8. The number of benzene rings is 2. The average Bonchev–Trinajstić information content (AvgIpc) is 3.22. The molecule has 2 aromatic heterocycles. The van der Waals surface area contributed by atoms with Gasteiger partial charge in [-0.05, 0) is 36.6 Å². The van der Waals surface area contributed by atoms with Crippen LogP contribution in [-0.2, 0) is 6.42 Å². The van der Waals surface area contributed by atoms with Crippen molar-refractivity contribution in [2.24, 2.45) is 0 Å². The number of nitro groups is 3. The summed E-state index contributed by atoms with van der Waals surface area (Å²) in [5.41, 5.74) is 2.80. The first-order valence-corrected chi connectivity index (χ1v) is 9.95. The molecule has 2 aromatic carbocycles. The molecule has 0 aliphatic carbocycles. The summed E-state index contributed by atoms with van der Waals surface area (Å²) in [5.74, 6) is -1.21. The molecule has 0 saturated heterocycles. The Morgan fingerprint density at radius 1 is 0.912 bits per heavy atom. The summed E-state index contributed by atoms with van der Waals surface area (Å²) in [6.45, 7) is 4.26. The van der Waals surface area contributed by atoms with E-state index in [1.165, 1.54) is 16.7 Å². The molecule has 12 heteroatoms. The van der Waals surface area contributed by atoms with E-state index in [1.807, 2.05) is 0 Å². The van der Waals surface area contributed by atoms with Gasteiger partial charge in [0.05, 0.1) is 32.6 Å². The summed E-state index contributed by atoms with van der Waals surface area (Å²) in [6, 6.07) is 13.7. The molecular weight excluding hydrogens is 446 g/mol. The third kappa shape index (κ3) is 5.12. The van der Waals surface area contributed by atoms with E-state index < -0.39 is 37.6 Å². The Bertz CT molecular complexity index is 1360. The Kier molecular flexibility index (Phi) is 6.81. The van der Waals surface area contributed by atoms with E-state index in [2.05, 4.69) is 72.0 Å². The molecule has 0 saturated carbocycles. The standard InChI is InChI=1S/C16H16N2.C6H3N3O7/c1-3-13-4-6-14(7-5-13)15-11-18-9-8-12(2)10-16(18)17-15;10-6-4(8(13)14)1-3(7(11)12)2-5(6)9(15)16/h4-11H,3H2,1-2H3;1-2,10H. The van der Waals surface area contributed by atoms with Gasteiger partial charge in [-0.15, -0.1) is 0 Å². The van der Waals surface area contributed by atoms with Crippen LogP contribution in [0.25, 0.3) is 16.9 Å². The van der Waals surface area contributed by atoms with Gasteiger partial charge in [-0.2, -0.15) is 0 Å². The van der Waals surface area contributed by atoms with Gasteiger partial charge in [0.2, 0.25) is 0 Å². The van der Waals surface area contributed by atoms with E-state index in [9.17, 15) is 30.3 Å². The van der Waals surface area contributed by atoms with E-state index in [1.54, 1.807) is 0 Å². The van der Waals surface area contributed by atoms with Crippen molar-refractivity contribution in [3.05, 3.63) is 102 Å². The zero-order valence-corrected chi connectivity index (χ0v) is 18.1. The Hall–Kier alpha value is -4.87. The maximum atomic E-state index is 10.4. The van der Waals surface area contributed by atoms with Crippen molar-refractivity contribution in [2.75, 3.05) is 0 Å². The monoisotopic (exact) mass is 465 g/mol. The van der Waals surface area contributed by atoms with Crippen LogP contribution in [0.15, 0.2) is 60.9 Å². The molecule has 0 fully saturated rings. The molecule has 4 rings (SSSR count). The minimum atomic E-state index is -1.21. The van der Waals surface area contributed by atoms with Crippen molar-refractivity contribution in [3.8, 4) is 17.0 Å². The van der Waals surface area contributed by atoms with Crippen molar-refractivity contribution in [1.82, 2.24) is 9.38 Å². The van der Waals surface area contributed by atoms with Crippen molar-refractivity contribution in [3.63, 3.8) is 0 Å². The van der Waals surface area contributed by atoms with Gasteiger partial charge < -0.3 is 9.51 Å². The number of aromatic nitrogens is 2. The van der Waals surface area contributed by atoms with Gasteiger partial charge >= 0.3 is 11.4 Å². The van der Waals surface area contributed by atoms with Gasteiger partial charge in [0.1, 0.15) is 5.65 Å². The third-order valence-corrected chi connectivity index (χ3v) is 4.93. The molecular formula is C22H19N5O7. The number of phenols is 1. The van der Waals surface area contributed by atoms with Crippen LogP contribution >= 0.6 is 0 Å². The van der Waals surface area contributed by atoms with Crippen LogP contribution in [-0.4, -0.2) is 29.3 Å². The van der Waals surface area contributed by atoms with Gasteiger partial charge in [-0.3, -0.25) is 30.3 Å². The summed E-state index contributed by atoms with van der Waals surface area (Å²) in [5, 5.41) is 40.2. The van der Waals surface area contributed by atoms with E-state index >= 15 is 0 Å². The van der Waals surface area contributed by atoms with Crippen LogP contribution in [0.5, 0.6) is 5.75 Å². The number of nitrogens with zero attached hydrogens (tertiary/aromatic N) is 5. The van der Waals surface area contributed by atoms with Gasteiger partial charge in [0.25, 0.3) is 11.4 Å². The smallest absolute Gasteiger partial charge is 0.324 e. The van der Waals surface area contributed by atoms with Crippen LogP contribution < -0.4 is 0 Å². The fraction of sp³-hybridized carbons (Fsp3) is 0.136. The molecule has 34 heavy (non-hydrogen) atoms. The summed E-state index contributed by atoms with van der Waals surface area (Å²) >= 11 is 0. The first-order chi connectivity index (χ1) is 16.1. The van der Waals surface area contributed by atoms with Crippen molar-refractivity contribution < 1.29 is 19.9 Å². The SMILES string of the molecule is CCc1ccc(-c2cn3ccc(C)cc3n2)cc1.O=[N+]([O-])c1cc([N+](=O)[O-])c(O)c([N+](=O)[O-])c1. The van der Waals surface area contributed by atoms with Crippen LogP contribution in [0.4, 0.5) is 17.1 Å². The topological polar surface area (TPSA) is 167 Å². The van der Waals surface area contributed by atoms with E-state index in [4.69, 9.17) is 5.11 Å². The van der Waals surface area contributed by atoms with Crippen LogP contribution in [0.3, 0.4) is 0 Å². The Labute approximate surface area is 192 Å². The van der Waals surface area contributed by atoms with Crippen LogP contribution in [0.1, 0.15) is 18.1 Å². The number of phenolic OH excluding ortho intramolecular Hbond substituents is 1. The number of nitro benzene ring substituents is 3. The lowest BCUT2D eigenvalue weighted by Gasteiger charge is -1.98. The fourth-order valence-electron chi connectivity index (χ4n) is 3.11. The second kappa shape index (κ2) is 9.73. The molecule has 0 aliphatic heterocycles. The largest absolute Gasteiger partial charge is 0.497 e. The molecule has 2 heterocycles. The Balaban J connectivity index is 0.000000192. The molecule has 12 nitrogen and oxygen atoms in total. The highest BCUT2D eigenvalue weighted by molar-refractivity contribution is 5.65. The lowest BCUT2D eigenvalue weighted by Crippen LogP contribution is -1.97. The maximum Gasteiger partial charge on any atom is 0.324 e. The van der Waals surface area contributed by atoms with Crippen LogP contribution in [0.2, 0.25) is 0 Å². The number of hydrogen-bond donors (Lipinski definition) is 1. The molecule has 1 N–H and O–H groups in total. The zero-order valence-electron chi connectivity index (χ0n) is 18.1. The summed E-state index contributed by atoms with van der Waals surface area (Å²) in [6.07, 6.45) is 5.21.